The minimum absolute atomic E-state index is 0.674. The zero-order valence-electron chi connectivity index (χ0n) is 31.4. The van der Waals surface area contributed by atoms with E-state index >= 15 is 0 Å². The average molecular weight is 742 g/mol. The highest BCUT2D eigenvalue weighted by Gasteiger charge is 2.15. The summed E-state index contributed by atoms with van der Waals surface area (Å²) in [6.45, 7) is 0. The van der Waals surface area contributed by atoms with E-state index in [1.807, 2.05) is 72.8 Å². The van der Waals surface area contributed by atoms with E-state index < -0.39 is 0 Å². The van der Waals surface area contributed by atoms with Crippen molar-refractivity contribution >= 4 is 10.8 Å². The third-order valence-corrected chi connectivity index (χ3v) is 10.3. The second kappa shape index (κ2) is 15.3. The fraction of sp³-hybridized carbons (Fsp3) is 0. The van der Waals surface area contributed by atoms with Crippen LogP contribution in [0.4, 0.5) is 0 Å². The number of fused-ring (bicyclic) bond motifs is 1. The van der Waals surface area contributed by atoms with E-state index in [0.29, 0.717) is 11.6 Å². The summed E-state index contributed by atoms with van der Waals surface area (Å²) in [6, 6.07) is 72.6. The van der Waals surface area contributed by atoms with Gasteiger partial charge in [-0.1, -0.05) is 194 Å². The maximum absolute atomic E-state index is 5.30. The summed E-state index contributed by atoms with van der Waals surface area (Å²) in [5.74, 6) is 1.35. The second-order valence-corrected chi connectivity index (χ2v) is 14.1. The largest absolute Gasteiger partial charge is 0.247 e. The van der Waals surface area contributed by atoms with Gasteiger partial charge in [0.2, 0.25) is 0 Å². The van der Waals surface area contributed by atoms with Crippen molar-refractivity contribution < 1.29 is 0 Å². The molecule has 5 nitrogen and oxygen atoms in total. The Hall–Kier alpha value is -7.89. The van der Waals surface area contributed by atoms with Crippen LogP contribution >= 0.6 is 0 Å². The molecule has 5 heteroatoms. The lowest BCUT2D eigenvalue weighted by Gasteiger charge is -2.12. The van der Waals surface area contributed by atoms with Crippen LogP contribution < -0.4 is 0 Å². The quantitative estimate of drug-likeness (QED) is 0.155. The summed E-state index contributed by atoms with van der Waals surface area (Å²) < 4.78 is 0. The first kappa shape index (κ1) is 34.6. The normalized spacial score (nSPS) is 11.1. The molecule has 0 saturated carbocycles. The van der Waals surface area contributed by atoms with Crippen LogP contribution in [0.15, 0.2) is 212 Å². The molecule has 0 amide bonds. The highest BCUT2D eigenvalue weighted by atomic mass is 14.9. The number of pyridine rings is 1. The fourth-order valence-electron chi connectivity index (χ4n) is 7.31. The van der Waals surface area contributed by atoms with E-state index in [-0.39, 0.29) is 0 Å². The van der Waals surface area contributed by atoms with Gasteiger partial charge in [-0.15, -0.1) is 0 Å². The first-order valence-electron chi connectivity index (χ1n) is 19.3. The van der Waals surface area contributed by atoms with Crippen molar-refractivity contribution in [1.82, 2.24) is 24.9 Å². The number of hydrogen-bond acceptors (Lipinski definition) is 5. The SMILES string of the molecule is c1ccc(-c2cc(-c3ccccc3)nc(-c3ccc(-c4cc5ccccc5c(-c5ccc(-c6nc(-c7ccccc7)cc(-c7ccccc7)n6)cc5)n4)cc3)n2)cc1. The summed E-state index contributed by atoms with van der Waals surface area (Å²) in [7, 11) is 0. The Morgan fingerprint density at radius 1 is 0.224 bits per heavy atom. The minimum atomic E-state index is 0.674. The number of rotatable bonds is 8. The molecule has 0 unspecified atom stereocenters. The molecule has 10 aromatic rings. The standard InChI is InChI=1S/C53H35N5/c1-5-15-36(16-6-1)47-34-48(37-17-7-2-8-18-37)56-52(55-47)42-29-25-40(26-30-42)46-33-44-23-13-14-24-45(44)51(54-46)41-27-31-43(32-28-41)53-57-49(38-19-9-3-10-20-38)35-50(58-53)39-21-11-4-12-22-39/h1-35H. The van der Waals surface area contributed by atoms with Crippen molar-refractivity contribution in [1.29, 1.82) is 0 Å². The topological polar surface area (TPSA) is 64.5 Å². The van der Waals surface area contributed by atoms with Gasteiger partial charge < -0.3 is 0 Å². The predicted molar refractivity (Wildman–Crippen MR) is 236 cm³/mol. The van der Waals surface area contributed by atoms with Crippen LogP contribution in [0.25, 0.3) is 101 Å². The molecule has 0 aliphatic rings. The Bertz CT molecular complexity index is 2890. The van der Waals surface area contributed by atoms with Crippen molar-refractivity contribution in [3.63, 3.8) is 0 Å². The van der Waals surface area contributed by atoms with Crippen LogP contribution in [-0.2, 0) is 0 Å². The van der Waals surface area contributed by atoms with Gasteiger partial charge in [0.05, 0.1) is 34.2 Å². The lowest BCUT2D eigenvalue weighted by atomic mass is 9.99. The summed E-state index contributed by atoms with van der Waals surface area (Å²) in [4.78, 5) is 25.4. The van der Waals surface area contributed by atoms with Gasteiger partial charge in [0.15, 0.2) is 11.6 Å². The molecule has 10 rings (SSSR count). The summed E-state index contributed by atoms with van der Waals surface area (Å²) in [5.41, 5.74) is 13.4. The molecular weight excluding hydrogens is 707 g/mol. The Kier molecular flexibility index (Phi) is 9.14. The third kappa shape index (κ3) is 7.04. The predicted octanol–water partition coefficient (Wildman–Crippen LogP) is 13.2. The Labute approximate surface area is 337 Å². The Morgan fingerprint density at radius 2 is 0.534 bits per heavy atom. The van der Waals surface area contributed by atoms with Crippen LogP contribution in [0.2, 0.25) is 0 Å². The van der Waals surface area contributed by atoms with E-state index in [2.05, 4.69) is 140 Å². The number of benzene rings is 7. The highest BCUT2D eigenvalue weighted by molar-refractivity contribution is 5.97. The first-order chi connectivity index (χ1) is 28.7. The molecule has 0 N–H and O–H groups in total. The lowest BCUT2D eigenvalue weighted by Crippen LogP contribution is -1.96. The van der Waals surface area contributed by atoms with Crippen molar-refractivity contribution in [2.45, 2.75) is 0 Å². The Morgan fingerprint density at radius 3 is 0.948 bits per heavy atom. The van der Waals surface area contributed by atoms with Gasteiger partial charge >= 0.3 is 0 Å². The third-order valence-electron chi connectivity index (χ3n) is 10.3. The zero-order valence-corrected chi connectivity index (χ0v) is 31.4. The summed E-state index contributed by atoms with van der Waals surface area (Å²) in [6.07, 6.45) is 0. The molecule has 58 heavy (non-hydrogen) atoms. The smallest absolute Gasteiger partial charge is 0.160 e. The first-order valence-corrected chi connectivity index (χ1v) is 19.3. The van der Waals surface area contributed by atoms with Crippen molar-refractivity contribution in [3.05, 3.63) is 212 Å². The van der Waals surface area contributed by atoms with Crippen LogP contribution in [0.1, 0.15) is 0 Å². The summed E-state index contributed by atoms with van der Waals surface area (Å²) in [5, 5.41) is 2.21. The van der Waals surface area contributed by atoms with Crippen LogP contribution in [0.3, 0.4) is 0 Å². The monoisotopic (exact) mass is 741 g/mol. The van der Waals surface area contributed by atoms with Crippen LogP contribution in [0.5, 0.6) is 0 Å². The molecule has 0 aliphatic heterocycles. The molecular formula is C53H35N5. The van der Waals surface area contributed by atoms with Crippen LogP contribution in [0, 0.1) is 0 Å². The van der Waals surface area contributed by atoms with Crippen molar-refractivity contribution in [3.8, 4) is 90.3 Å². The molecule has 0 bridgehead atoms. The van der Waals surface area contributed by atoms with Gasteiger partial charge in [-0.2, -0.15) is 0 Å². The molecule has 272 valence electrons. The van der Waals surface area contributed by atoms with E-state index in [4.69, 9.17) is 24.9 Å². The molecule has 0 atom stereocenters. The maximum Gasteiger partial charge on any atom is 0.160 e. The number of aromatic nitrogens is 5. The molecule has 0 radical (unpaired) electrons. The second-order valence-electron chi connectivity index (χ2n) is 14.1. The molecule has 0 saturated heterocycles. The molecule has 3 aromatic heterocycles. The van der Waals surface area contributed by atoms with Gasteiger partial charge in [0.25, 0.3) is 0 Å². The Balaban J connectivity index is 1.01. The lowest BCUT2D eigenvalue weighted by molar-refractivity contribution is 1.18. The fourth-order valence-corrected chi connectivity index (χ4v) is 7.31. The van der Waals surface area contributed by atoms with E-state index in [1.165, 1.54) is 0 Å². The summed E-state index contributed by atoms with van der Waals surface area (Å²) >= 11 is 0. The van der Waals surface area contributed by atoms with E-state index in [0.717, 1.165) is 89.4 Å². The molecule has 7 aromatic carbocycles. The molecule has 3 heterocycles. The minimum Gasteiger partial charge on any atom is -0.247 e. The highest BCUT2D eigenvalue weighted by Crippen LogP contribution is 2.35. The van der Waals surface area contributed by atoms with Gasteiger partial charge in [0.1, 0.15) is 0 Å². The van der Waals surface area contributed by atoms with Gasteiger partial charge in [-0.25, -0.2) is 24.9 Å². The zero-order chi connectivity index (χ0) is 38.7. The average Bonchev–Trinajstić information content (AvgIpc) is 3.32. The molecule has 0 fully saturated rings. The van der Waals surface area contributed by atoms with E-state index in [1.54, 1.807) is 0 Å². The molecule has 0 aliphatic carbocycles. The van der Waals surface area contributed by atoms with Gasteiger partial charge in [-0.05, 0) is 23.6 Å². The van der Waals surface area contributed by atoms with Crippen molar-refractivity contribution in [2.24, 2.45) is 0 Å². The molecule has 0 spiro atoms. The van der Waals surface area contributed by atoms with Crippen molar-refractivity contribution in [2.75, 3.05) is 0 Å². The number of nitrogens with zero attached hydrogens (tertiary/aromatic N) is 5. The van der Waals surface area contributed by atoms with E-state index in [9.17, 15) is 0 Å². The van der Waals surface area contributed by atoms with Gasteiger partial charge in [0, 0.05) is 49.9 Å². The number of hydrogen-bond donors (Lipinski definition) is 0. The van der Waals surface area contributed by atoms with Crippen LogP contribution in [-0.4, -0.2) is 24.9 Å². The maximum atomic E-state index is 5.30. The van der Waals surface area contributed by atoms with Gasteiger partial charge in [-0.3, -0.25) is 0 Å².